The maximum absolute atomic E-state index is 11.9. The molecule has 0 saturated carbocycles. The Balaban J connectivity index is 1.27. The molecule has 0 radical (unpaired) electrons. The lowest BCUT2D eigenvalue weighted by Gasteiger charge is -2.41. The first-order valence-electron chi connectivity index (χ1n) is 13.2. The van der Waals surface area contributed by atoms with Gasteiger partial charge in [0.2, 0.25) is 0 Å². The zero-order chi connectivity index (χ0) is 26.4. The predicted octanol–water partition coefficient (Wildman–Crippen LogP) is 4.30. The van der Waals surface area contributed by atoms with Gasteiger partial charge in [0.15, 0.2) is 12.1 Å². The summed E-state index contributed by atoms with van der Waals surface area (Å²) >= 11 is 0. The van der Waals surface area contributed by atoms with Crippen molar-refractivity contribution >= 4 is 11.8 Å². The molecule has 0 aromatic heterocycles. The van der Waals surface area contributed by atoms with Crippen molar-refractivity contribution < 1.29 is 33.6 Å². The topological polar surface area (TPSA) is 98.7 Å². The lowest BCUT2D eigenvalue weighted by Crippen LogP contribution is -2.48. The van der Waals surface area contributed by atoms with Crippen LogP contribution in [0.3, 0.4) is 0 Å². The average molecular weight is 525 g/mol. The van der Waals surface area contributed by atoms with E-state index in [1.807, 2.05) is 36.4 Å². The van der Waals surface area contributed by atoms with Crippen molar-refractivity contribution in [3.63, 3.8) is 0 Å². The number of piperidine rings is 1. The molecule has 2 aromatic carbocycles. The fraction of sp³-hybridized carbons (Fsp3) is 0.483. The summed E-state index contributed by atoms with van der Waals surface area (Å²) in [7, 11) is 0. The van der Waals surface area contributed by atoms with E-state index in [2.05, 4.69) is 16.8 Å². The molecule has 38 heavy (non-hydrogen) atoms. The molecule has 3 fully saturated rings. The lowest BCUT2D eigenvalue weighted by atomic mass is 9.98. The number of nitrogens with one attached hydrogen (secondary N) is 1. The number of amides is 1. The molecule has 3 aliphatic rings. The van der Waals surface area contributed by atoms with Crippen LogP contribution < -0.4 is 5.32 Å². The Hall–Kier alpha value is -2.79. The Labute approximate surface area is 223 Å². The molecule has 204 valence electrons. The molecule has 3 atom stereocenters. The second-order valence-corrected chi connectivity index (χ2v) is 9.89. The molecule has 1 spiro atoms. The van der Waals surface area contributed by atoms with E-state index in [1.54, 1.807) is 12.1 Å². The fourth-order valence-electron chi connectivity index (χ4n) is 5.20. The van der Waals surface area contributed by atoms with Crippen molar-refractivity contribution in [2.75, 3.05) is 44.8 Å². The summed E-state index contributed by atoms with van der Waals surface area (Å²) in [5.74, 6) is -0.402. The molecule has 0 aliphatic carbocycles. The number of aliphatic hydroxyl groups excluding tert-OH is 1. The standard InChI is InChI=1S/C29H36N2O7/c1-2-15-34-28(33)30-24-9-7-23(8-10-24)27-37-25(18-26(38-27)22-5-3-21(20-32)4-6-22)19-31-13-11-29(12-14-31)35-16-17-36-29/h2-10,25-27,32H,1,11-20H2,(H,30,33)/t25-,26+,27+/m0/s1. The van der Waals surface area contributed by atoms with E-state index < -0.39 is 18.2 Å². The van der Waals surface area contributed by atoms with Gasteiger partial charge >= 0.3 is 6.09 Å². The molecular formula is C29H36N2O7. The van der Waals surface area contributed by atoms with Crippen LogP contribution in [0.2, 0.25) is 0 Å². The van der Waals surface area contributed by atoms with E-state index in [0.717, 1.165) is 55.6 Å². The smallest absolute Gasteiger partial charge is 0.411 e. The normalized spacial score (nSPS) is 25.2. The van der Waals surface area contributed by atoms with Gasteiger partial charge in [0.05, 0.1) is 32.0 Å². The van der Waals surface area contributed by atoms with Crippen LogP contribution in [0.1, 0.15) is 48.3 Å². The molecule has 9 nitrogen and oxygen atoms in total. The van der Waals surface area contributed by atoms with Gasteiger partial charge in [0.25, 0.3) is 0 Å². The number of rotatable bonds is 8. The van der Waals surface area contributed by atoms with Gasteiger partial charge in [-0.05, 0) is 23.3 Å². The molecule has 3 aliphatic heterocycles. The maximum Gasteiger partial charge on any atom is 0.411 e. The number of aliphatic hydroxyl groups is 1. The lowest BCUT2D eigenvalue weighted by molar-refractivity contribution is -0.255. The highest BCUT2D eigenvalue weighted by Gasteiger charge is 2.41. The summed E-state index contributed by atoms with van der Waals surface area (Å²) in [6.07, 6.45) is 2.66. The van der Waals surface area contributed by atoms with Crippen LogP contribution in [-0.4, -0.2) is 67.4 Å². The van der Waals surface area contributed by atoms with Crippen LogP contribution in [0, 0.1) is 0 Å². The average Bonchev–Trinajstić information content (AvgIpc) is 3.41. The summed E-state index contributed by atoms with van der Waals surface area (Å²) in [6.45, 7) is 7.61. The largest absolute Gasteiger partial charge is 0.445 e. The van der Waals surface area contributed by atoms with Crippen molar-refractivity contribution in [2.45, 2.75) is 50.2 Å². The monoisotopic (exact) mass is 524 g/mol. The SMILES string of the molecule is C=CCOC(=O)Nc1ccc([C@@H]2O[C@H](CN3CCC4(CC3)OCCO4)C[C@H](c3ccc(CO)cc3)O2)cc1. The third-order valence-corrected chi connectivity index (χ3v) is 7.27. The first-order chi connectivity index (χ1) is 18.6. The number of likely N-dealkylation sites (tertiary alicyclic amines) is 1. The van der Waals surface area contributed by atoms with Crippen molar-refractivity contribution in [1.29, 1.82) is 0 Å². The predicted molar refractivity (Wildman–Crippen MR) is 140 cm³/mol. The highest BCUT2D eigenvalue weighted by Crippen LogP contribution is 2.39. The number of hydrogen-bond donors (Lipinski definition) is 2. The molecule has 0 bridgehead atoms. The first kappa shape index (κ1) is 26.8. The molecular weight excluding hydrogens is 488 g/mol. The molecule has 2 N–H and O–H groups in total. The molecule has 5 rings (SSSR count). The van der Waals surface area contributed by atoms with Gasteiger partial charge in [-0.3, -0.25) is 5.32 Å². The van der Waals surface area contributed by atoms with E-state index in [9.17, 15) is 9.90 Å². The van der Waals surface area contributed by atoms with Crippen LogP contribution in [0.15, 0.2) is 61.2 Å². The molecule has 9 heteroatoms. The number of carbonyl (C=O) groups excluding carboxylic acids is 1. The number of benzene rings is 2. The van der Waals surface area contributed by atoms with Gasteiger partial charge in [-0.15, -0.1) is 0 Å². The Morgan fingerprint density at radius 1 is 1.05 bits per heavy atom. The van der Waals surface area contributed by atoms with Crippen LogP contribution in [-0.2, 0) is 30.3 Å². The minimum Gasteiger partial charge on any atom is -0.445 e. The van der Waals surface area contributed by atoms with Crippen molar-refractivity contribution in [3.05, 3.63) is 77.9 Å². The first-order valence-corrected chi connectivity index (χ1v) is 13.2. The van der Waals surface area contributed by atoms with E-state index in [0.29, 0.717) is 18.9 Å². The van der Waals surface area contributed by atoms with Crippen LogP contribution in [0.5, 0.6) is 0 Å². The van der Waals surface area contributed by atoms with Gasteiger partial charge < -0.3 is 33.7 Å². The highest BCUT2D eigenvalue weighted by molar-refractivity contribution is 5.84. The third-order valence-electron chi connectivity index (χ3n) is 7.27. The van der Waals surface area contributed by atoms with Crippen molar-refractivity contribution in [2.24, 2.45) is 0 Å². The number of hydrogen-bond acceptors (Lipinski definition) is 8. The molecule has 3 heterocycles. The van der Waals surface area contributed by atoms with Crippen LogP contribution >= 0.6 is 0 Å². The van der Waals surface area contributed by atoms with Crippen LogP contribution in [0.25, 0.3) is 0 Å². The summed E-state index contributed by atoms with van der Waals surface area (Å²) in [5, 5.41) is 12.1. The van der Waals surface area contributed by atoms with Gasteiger partial charge in [-0.1, -0.05) is 49.1 Å². The second kappa shape index (κ2) is 12.4. The highest BCUT2D eigenvalue weighted by atomic mass is 16.7. The van der Waals surface area contributed by atoms with Gasteiger partial charge in [0, 0.05) is 50.1 Å². The fourth-order valence-corrected chi connectivity index (χ4v) is 5.20. The van der Waals surface area contributed by atoms with Gasteiger partial charge in [0.1, 0.15) is 6.61 Å². The summed E-state index contributed by atoms with van der Waals surface area (Å²) in [5.41, 5.74) is 3.39. The van der Waals surface area contributed by atoms with E-state index in [1.165, 1.54) is 6.08 Å². The number of carbonyl (C=O) groups is 1. The molecule has 0 unspecified atom stereocenters. The Bertz CT molecular complexity index is 1060. The number of anilines is 1. The molecule has 2 aromatic rings. The summed E-state index contributed by atoms with van der Waals surface area (Å²) in [6, 6.07) is 15.3. The quantitative estimate of drug-likeness (QED) is 0.494. The number of ether oxygens (including phenoxy) is 5. The Kier molecular flexibility index (Phi) is 8.73. The minimum atomic E-state index is -0.560. The van der Waals surface area contributed by atoms with E-state index in [-0.39, 0.29) is 25.4 Å². The minimum absolute atomic E-state index is 0.00552. The third kappa shape index (κ3) is 6.61. The van der Waals surface area contributed by atoms with Crippen molar-refractivity contribution in [3.8, 4) is 0 Å². The second-order valence-electron chi connectivity index (χ2n) is 9.89. The molecule has 1 amide bonds. The Morgan fingerprint density at radius 3 is 2.39 bits per heavy atom. The van der Waals surface area contributed by atoms with E-state index >= 15 is 0 Å². The Morgan fingerprint density at radius 2 is 1.74 bits per heavy atom. The van der Waals surface area contributed by atoms with Gasteiger partial charge in [-0.25, -0.2) is 4.79 Å². The van der Waals surface area contributed by atoms with Crippen molar-refractivity contribution in [1.82, 2.24) is 4.90 Å². The summed E-state index contributed by atoms with van der Waals surface area (Å²) < 4.78 is 29.7. The van der Waals surface area contributed by atoms with Gasteiger partial charge in [-0.2, -0.15) is 0 Å². The summed E-state index contributed by atoms with van der Waals surface area (Å²) in [4.78, 5) is 14.3. The molecule has 3 saturated heterocycles. The zero-order valence-corrected chi connectivity index (χ0v) is 21.6. The van der Waals surface area contributed by atoms with Crippen LogP contribution in [0.4, 0.5) is 10.5 Å². The van der Waals surface area contributed by atoms with E-state index in [4.69, 9.17) is 23.7 Å². The number of nitrogens with zero attached hydrogens (tertiary/aromatic N) is 1. The maximum atomic E-state index is 11.9. The zero-order valence-electron chi connectivity index (χ0n) is 21.6.